The minimum Gasteiger partial charge on any atom is -0.313 e. The number of hydrogen-bond acceptors (Lipinski definition) is 2. The zero-order valence-electron chi connectivity index (χ0n) is 11.8. The van der Waals surface area contributed by atoms with E-state index in [2.05, 4.69) is 58.1 Å². The van der Waals surface area contributed by atoms with Crippen LogP contribution in [0.15, 0.2) is 27.6 Å². The molecule has 0 spiro atoms. The predicted molar refractivity (Wildman–Crippen MR) is 88.9 cm³/mol. The molecular weight excluding hydrogens is 318 g/mol. The van der Waals surface area contributed by atoms with E-state index in [1.54, 1.807) is 0 Å². The second-order valence-corrected chi connectivity index (χ2v) is 7.52. The molecule has 1 aliphatic carbocycles. The van der Waals surface area contributed by atoms with E-state index in [4.69, 9.17) is 0 Å². The molecule has 0 bridgehead atoms. The van der Waals surface area contributed by atoms with Crippen molar-refractivity contribution in [2.24, 2.45) is 0 Å². The Bertz CT molecular complexity index is 388. The van der Waals surface area contributed by atoms with E-state index in [1.807, 2.05) is 0 Å². The summed E-state index contributed by atoms with van der Waals surface area (Å²) < 4.78 is 1.26. The second kappa shape index (κ2) is 8.33. The molecule has 0 aromatic heterocycles. The van der Waals surface area contributed by atoms with Gasteiger partial charge >= 0.3 is 0 Å². The fourth-order valence-corrected chi connectivity index (χ4v) is 4.47. The Morgan fingerprint density at radius 1 is 1.26 bits per heavy atom. The molecule has 1 aromatic rings. The van der Waals surface area contributed by atoms with Gasteiger partial charge in [-0.05, 0) is 59.4 Å². The van der Waals surface area contributed by atoms with Crippen LogP contribution in [0.2, 0.25) is 0 Å². The first kappa shape index (κ1) is 15.4. The largest absolute Gasteiger partial charge is 0.313 e. The molecule has 0 unspecified atom stereocenters. The average molecular weight is 342 g/mol. The summed E-state index contributed by atoms with van der Waals surface area (Å²) in [5, 5.41) is 4.28. The van der Waals surface area contributed by atoms with Crippen molar-refractivity contribution in [1.82, 2.24) is 5.32 Å². The Kier molecular flexibility index (Phi) is 6.75. The normalized spacial score (nSPS) is 16.7. The highest BCUT2D eigenvalue weighted by Gasteiger charge is 2.15. The highest BCUT2D eigenvalue weighted by molar-refractivity contribution is 9.10. The molecule has 0 atom stereocenters. The van der Waals surface area contributed by atoms with Crippen LogP contribution in [-0.2, 0) is 6.54 Å². The van der Waals surface area contributed by atoms with Crippen LogP contribution < -0.4 is 5.32 Å². The van der Waals surface area contributed by atoms with Gasteiger partial charge in [0.25, 0.3) is 0 Å². The van der Waals surface area contributed by atoms with Crippen LogP contribution in [0.4, 0.5) is 0 Å². The van der Waals surface area contributed by atoms with Gasteiger partial charge in [0.1, 0.15) is 0 Å². The molecule has 2 rings (SSSR count). The van der Waals surface area contributed by atoms with Gasteiger partial charge in [0.15, 0.2) is 0 Å². The van der Waals surface area contributed by atoms with Crippen molar-refractivity contribution < 1.29 is 0 Å². The van der Waals surface area contributed by atoms with Gasteiger partial charge in [0.2, 0.25) is 0 Å². The van der Waals surface area contributed by atoms with Gasteiger partial charge in [-0.3, -0.25) is 0 Å². The Hall–Kier alpha value is 0.01000. The first-order valence-corrected chi connectivity index (χ1v) is 9.12. The van der Waals surface area contributed by atoms with E-state index in [9.17, 15) is 0 Å². The molecule has 1 aliphatic rings. The lowest BCUT2D eigenvalue weighted by molar-refractivity contribution is 0.516. The van der Waals surface area contributed by atoms with Crippen molar-refractivity contribution >= 4 is 27.7 Å². The third kappa shape index (κ3) is 5.13. The van der Waals surface area contributed by atoms with Gasteiger partial charge in [-0.25, -0.2) is 0 Å². The summed E-state index contributed by atoms with van der Waals surface area (Å²) in [4.78, 5) is 1.41. The second-order valence-electron chi connectivity index (χ2n) is 5.32. The zero-order chi connectivity index (χ0) is 13.5. The summed E-state index contributed by atoms with van der Waals surface area (Å²) in [5.41, 5.74) is 1.37. The highest BCUT2D eigenvalue weighted by Crippen LogP contribution is 2.37. The molecule has 19 heavy (non-hydrogen) atoms. The maximum absolute atomic E-state index is 3.73. The fourth-order valence-electron chi connectivity index (χ4n) is 2.52. The van der Waals surface area contributed by atoms with Crippen LogP contribution >= 0.6 is 27.7 Å². The summed E-state index contributed by atoms with van der Waals surface area (Å²) in [6.45, 7) is 4.27. The minimum absolute atomic E-state index is 0.828. The molecular formula is C16H24BrNS. The minimum atomic E-state index is 0.828. The highest BCUT2D eigenvalue weighted by atomic mass is 79.9. The lowest BCUT2D eigenvalue weighted by Gasteiger charge is -2.21. The van der Waals surface area contributed by atoms with Crippen LogP contribution in [0, 0.1) is 0 Å². The molecule has 1 nitrogen and oxygen atoms in total. The summed E-state index contributed by atoms with van der Waals surface area (Å²) in [5.74, 6) is 0. The molecule has 0 amide bonds. The van der Waals surface area contributed by atoms with E-state index in [-0.39, 0.29) is 0 Å². The lowest BCUT2D eigenvalue weighted by atomic mass is 10.0. The third-order valence-corrected chi connectivity index (χ3v) is 5.93. The van der Waals surface area contributed by atoms with Crippen molar-refractivity contribution in [3.8, 4) is 0 Å². The van der Waals surface area contributed by atoms with Gasteiger partial charge in [-0.2, -0.15) is 0 Å². The zero-order valence-corrected chi connectivity index (χ0v) is 14.2. The van der Waals surface area contributed by atoms with E-state index in [0.717, 1.165) is 18.3 Å². The van der Waals surface area contributed by atoms with Crippen molar-refractivity contribution in [1.29, 1.82) is 0 Å². The molecule has 1 saturated carbocycles. The van der Waals surface area contributed by atoms with Crippen molar-refractivity contribution in [3.05, 3.63) is 28.2 Å². The van der Waals surface area contributed by atoms with Crippen LogP contribution in [0.25, 0.3) is 0 Å². The molecule has 0 radical (unpaired) electrons. The van der Waals surface area contributed by atoms with Gasteiger partial charge < -0.3 is 5.32 Å². The number of nitrogens with one attached hydrogen (secondary N) is 1. The van der Waals surface area contributed by atoms with Crippen molar-refractivity contribution in [2.75, 3.05) is 6.54 Å². The quantitative estimate of drug-likeness (QED) is 0.697. The van der Waals surface area contributed by atoms with E-state index < -0.39 is 0 Å². The molecule has 3 heteroatoms. The van der Waals surface area contributed by atoms with E-state index >= 15 is 0 Å². The molecule has 106 valence electrons. The maximum atomic E-state index is 3.73. The summed E-state index contributed by atoms with van der Waals surface area (Å²) in [7, 11) is 0. The molecule has 1 fully saturated rings. The van der Waals surface area contributed by atoms with Crippen molar-refractivity contribution in [2.45, 2.75) is 62.1 Å². The third-order valence-electron chi connectivity index (χ3n) is 3.60. The average Bonchev–Trinajstić information content (AvgIpc) is 2.43. The van der Waals surface area contributed by atoms with Crippen LogP contribution in [0.1, 0.15) is 51.0 Å². The van der Waals surface area contributed by atoms with E-state index in [0.29, 0.717) is 0 Å². The van der Waals surface area contributed by atoms with Gasteiger partial charge in [-0.15, -0.1) is 11.8 Å². The Morgan fingerprint density at radius 3 is 2.74 bits per heavy atom. The Balaban J connectivity index is 1.90. The van der Waals surface area contributed by atoms with Crippen molar-refractivity contribution in [3.63, 3.8) is 0 Å². The number of benzene rings is 1. The molecule has 1 N–H and O–H groups in total. The number of rotatable bonds is 6. The molecule has 0 heterocycles. The monoisotopic (exact) mass is 341 g/mol. The Labute approximate surface area is 130 Å². The maximum Gasteiger partial charge on any atom is 0.0314 e. The summed E-state index contributed by atoms with van der Waals surface area (Å²) in [6, 6.07) is 6.82. The topological polar surface area (TPSA) is 12.0 Å². The van der Waals surface area contributed by atoms with Crippen LogP contribution in [0.5, 0.6) is 0 Å². The SMILES string of the molecule is CCCNCc1ccc(SC2CCCCC2)c(Br)c1. The fraction of sp³-hybridized carbons (Fsp3) is 0.625. The molecule has 0 aliphatic heterocycles. The van der Waals surface area contributed by atoms with Crippen LogP contribution in [0.3, 0.4) is 0 Å². The lowest BCUT2D eigenvalue weighted by Crippen LogP contribution is -2.13. The predicted octanol–water partition coefficient (Wildman–Crippen LogP) is 5.37. The number of halogens is 1. The first-order valence-electron chi connectivity index (χ1n) is 7.45. The summed E-state index contributed by atoms with van der Waals surface area (Å²) >= 11 is 5.80. The standard InChI is InChI=1S/C16H24BrNS/c1-2-10-18-12-13-8-9-16(15(17)11-13)19-14-6-4-3-5-7-14/h8-9,11,14,18H,2-7,10,12H2,1H3. The smallest absolute Gasteiger partial charge is 0.0314 e. The summed E-state index contributed by atoms with van der Waals surface area (Å²) in [6.07, 6.45) is 8.22. The number of thioether (sulfide) groups is 1. The van der Waals surface area contributed by atoms with Gasteiger partial charge in [-0.1, -0.05) is 32.3 Å². The molecule has 0 saturated heterocycles. The first-order chi connectivity index (χ1) is 9.29. The van der Waals surface area contributed by atoms with Gasteiger partial charge in [0.05, 0.1) is 0 Å². The van der Waals surface area contributed by atoms with Crippen LogP contribution in [-0.4, -0.2) is 11.8 Å². The van der Waals surface area contributed by atoms with E-state index in [1.165, 1.54) is 53.5 Å². The molecule has 1 aromatic carbocycles. The number of hydrogen-bond donors (Lipinski definition) is 1. The van der Waals surface area contributed by atoms with Gasteiger partial charge in [0, 0.05) is 21.2 Å². The Morgan fingerprint density at radius 2 is 2.05 bits per heavy atom.